The van der Waals surface area contributed by atoms with E-state index >= 15 is 0 Å². The SMILES string of the molecule is CS(=O)(=O)Nc1cccc(C(=O)Nc2ccc(Oc3ccc(CC(=O)O)cc3Cl)cc2)c1. The number of ether oxygens (including phenoxy) is 1. The van der Waals surface area contributed by atoms with Crippen LogP contribution < -0.4 is 14.8 Å². The van der Waals surface area contributed by atoms with E-state index in [1.165, 1.54) is 12.1 Å². The van der Waals surface area contributed by atoms with Gasteiger partial charge in [-0.05, 0) is 60.2 Å². The van der Waals surface area contributed by atoms with Gasteiger partial charge in [0.25, 0.3) is 5.91 Å². The number of hydrogen-bond donors (Lipinski definition) is 3. The molecule has 0 aliphatic rings. The molecular weight excluding hydrogens is 456 g/mol. The number of aliphatic carboxylic acids is 1. The molecule has 0 atom stereocenters. The third-order valence-corrected chi connectivity index (χ3v) is 5.02. The van der Waals surface area contributed by atoms with Gasteiger partial charge in [-0.2, -0.15) is 0 Å². The highest BCUT2D eigenvalue weighted by Gasteiger charge is 2.10. The maximum absolute atomic E-state index is 12.5. The molecule has 32 heavy (non-hydrogen) atoms. The molecule has 0 fully saturated rings. The number of amides is 1. The number of hydrogen-bond acceptors (Lipinski definition) is 5. The Balaban J connectivity index is 1.65. The second-order valence-corrected chi connectivity index (χ2v) is 9.03. The predicted molar refractivity (Wildman–Crippen MR) is 122 cm³/mol. The molecule has 0 aliphatic heterocycles. The fourth-order valence-electron chi connectivity index (χ4n) is 2.79. The summed E-state index contributed by atoms with van der Waals surface area (Å²) in [6.45, 7) is 0. The number of carboxylic acids is 1. The second-order valence-electron chi connectivity index (χ2n) is 6.87. The van der Waals surface area contributed by atoms with Gasteiger partial charge < -0.3 is 15.2 Å². The van der Waals surface area contributed by atoms with E-state index in [0.29, 0.717) is 22.7 Å². The van der Waals surface area contributed by atoms with Crippen molar-refractivity contribution >= 4 is 44.9 Å². The van der Waals surface area contributed by atoms with Gasteiger partial charge in [0.2, 0.25) is 10.0 Å². The van der Waals surface area contributed by atoms with Crippen molar-refractivity contribution in [2.24, 2.45) is 0 Å². The number of nitrogens with one attached hydrogen (secondary N) is 2. The molecule has 3 aromatic carbocycles. The average Bonchev–Trinajstić information content (AvgIpc) is 2.70. The number of carbonyl (C=O) groups is 2. The first-order valence-corrected chi connectivity index (χ1v) is 11.5. The first kappa shape index (κ1) is 23.1. The van der Waals surface area contributed by atoms with Crippen LogP contribution >= 0.6 is 11.6 Å². The molecule has 1 amide bonds. The third-order valence-electron chi connectivity index (χ3n) is 4.12. The van der Waals surface area contributed by atoms with Crippen molar-refractivity contribution in [1.29, 1.82) is 0 Å². The number of carboxylic acid groups (broad SMARTS) is 1. The molecule has 166 valence electrons. The predicted octanol–water partition coefficient (Wildman–Crippen LogP) is 4.38. The van der Waals surface area contributed by atoms with Gasteiger partial charge in [0.1, 0.15) is 11.5 Å². The van der Waals surface area contributed by atoms with Gasteiger partial charge in [-0.3, -0.25) is 14.3 Å². The minimum absolute atomic E-state index is 0.137. The molecule has 0 saturated carbocycles. The highest BCUT2D eigenvalue weighted by Crippen LogP contribution is 2.31. The van der Waals surface area contributed by atoms with E-state index in [1.54, 1.807) is 54.6 Å². The largest absolute Gasteiger partial charge is 0.481 e. The number of carbonyl (C=O) groups excluding carboxylic acids is 1. The summed E-state index contributed by atoms with van der Waals surface area (Å²) in [6, 6.07) is 17.4. The molecule has 0 aliphatic carbocycles. The van der Waals surface area contributed by atoms with Gasteiger partial charge in [-0.15, -0.1) is 0 Å². The fourth-order valence-corrected chi connectivity index (χ4v) is 3.58. The first-order chi connectivity index (χ1) is 15.1. The van der Waals surface area contributed by atoms with Crippen LogP contribution in [-0.4, -0.2) is 31.7 Å². The van der Waals surface area contributed by atoms with Crippen LogP contribution in [0.2, 0.25) is 5.02 Å². The van der Waals surface area contributed by atoms with E-state index in [-0.39, 0.29) is 22.7 Å². The van der Waals surface area contributed by atoms with Gasteiger partial charge >= 0.3 is 5.97 Å². The van der Waals surface area contributed by atoms with Gasteiger partial charge in [0.15, 0.2) is 0 Å². The van der Waals surface area contributed by atoms with Crippen LogP contribution in [0.15, 0.2) is 66.7 Å². The van der Waals surface area contributed by atoms with E-state index in [2.05, 4.69) is 10.0 Å². The summed E-state index contributed by atoms with van der Waals surface area (Å²) in [4.78, 5) is 23.3. The molecule has 0 radical (unpaired) electrons. The summed E-state index contributed by atoms with van der Waals surface area (Å²) in [5, 5.41) is 11.9. The van der Waals surface area contributed by atoms with Crippen molar-refractivity contribution in [3.05, 3.63) is 82.9 Å². The molecule has 0 aromatic heterocycles. The molecule has 10 heteroatoms. The standard InChI is InChI=1S/C22H19ClN2O6S/c1-32(29,30)25-17-4-2-3-15(13-17)22(28)24-16-6-8-18(9-7-16)31-20-10-5-14(11-19(20)23)12-21(26)27/h2-11,13,25H,12H2,1H3,(H,24,28)(H,26,27). The van der Waals surface area contributed by atoms with Crippen molar-refractivity contribution in [2.45, 2.75) is 6.42 Å². The lowest BCUT2D eigenvalue weighted by atomic mass is 10.1. The van der Waals surface area contributed by atoms with Crippen LogP contribution in [0.3, 0.4) is 0 Å². The van der Waals surface area contributed by atoms with Gasteiger partial charge in [-0.1, -0.05) is 23.7 Å². The van der Waals surface area contributed by atoms with E-state index in [1.807, 2.05) is 0 Å². The summed E-state index contributed by atoms with van der Waals surface area (Å²) >= 11 is 6.17. The topological polar surface area (TPSA) is 122 Å². The summed E-state index contributed by atoms with van der Waals surface area (Å²) in [5.41, 5.74) is 1.64. The molecule has 0 saturated heterocycles. The lowest BCUT2D eigenvalue weighted by molar-refractivity contribution is -0.136. The van der Waals surface area contributed by atoms with Crippen molar-refractivity contribution in [2.75, 3.05) is 16.3 Å². The van der Waals surface area contributed by atoms with Crippen LogP contribution in [-0.2, 0) is 21.2 Å². The Morgan fingerprint density at radius 3 is 2.34 bits per heavy atom. The summed E-state index contributed by atoms with van der Waals surface area (Å²) < 4.78 is 30.8. The Morgan fingerprint density at radius 2 is 1.72 bits per heavy atom. The van der Waals surface area contributed by atoms with E-state index in [9.17, 15) is 18.0 Å². The van der Waals surface area contributed by atoms with Gasteiger partial charge in [0.05, 0.1) is 17.7 Å². The van der Waals surface area contributed by atoms with Crippen LogP contribution in [0, 0.1) is 0 Å². The maximum Gasteiger partial charge on any atom is 0.307 e. The second kappa shape index (κ2) is 9.71. The van der Waals surface area contributed by atoms with Gasteiger partial charge in [0, 0.05) is 16.9 Å². The Labute approximate surface area is 189 Å². The smallest absolute Gasteiger partial charge is 0.307 e. The molecular formula is C22H19ClN2O6S. The Morgan fingerprint density at radius 1 is 1.00 bits per heavy atom. The van der Waals surface area contributed by atoms with Crippen LogP contribution in [0.5, 0.6) is 11.5 Å². The van der Waals surface area contributed by atoms with E-state index < -0.39 is 21.9 Å². The first-order valence-electron chi connectivity index (χ1n) is 9.26. The lowest BCUT2D eigenvalue weighted by Crippen LogP contribution is -2.13. The molecule has 0 heterocycles. The average molecular weight is 475 g/mol. The van der Waals surface area contributed by atoms with Crippen molar-refractivity contribution in [3.63, 3.8) is 0 Å². The molecule has 3 N–H and O–H groups in total. The van der Waals surface area contributed by atoms with Gasteiger partial charge in [-0.25, -0.2) is 8.42 Å². The van der Waals surface area contributed by atoms with Crippen LogP contribution in [0.1, 0.15) is 15.9 Å². The Hall–Kier alpha value is -3.56. The molecule has 0 bridgehead atoms. The highest BCUT2D eigenvalue weighted by molar-refractivity contribution is 7.92. The molecule has 8 nitrogen and oxygen atoms in total. The summed E-state index contributed by atoms with van der Waals surface area (Å²) in [7, 11) is -3.45. The maximum atomic E-state index is 12.5. The van der Waals surface area contributed by atoms with Crippen molar-refractivity contribution in [1.82, 2.24) is 0 Å². The zero-order chi connectivity index (χ0) is 23.3. The van der Waals surface area contributed by atoms with E-state index in [4.69, 9.17) is 21.4 Å². The number of sulfonamides is 1. The molecule has 3 rings (SSSR count). The number of benzene rings is 3. The molecule has 0 spiro atoms. The summed E-state index contributed by atoms with van der Waals surface area (Å²) in [5.74, 6) is -0.526. The minimum atomic E-state index is -3.45. The van der Waals surface area contributed by atoms with Crippen LogP contribution in [0.25, 0.3) is 0 Å². The van der Waals surface area contributed by atoms with Crippen molar-refractivity contribution < 1.29 is 27.9 Å². The highest BCUT2D eigenvalue weighted by atomic mass is 35.5. The third kappa shape index (κ3) is 6.73. The Bertz CT molecular complexity index is 1260. The number of anilines is 2. The lowest BCUT2D eigenvalue weighted by Gasteiger charge is -2.11. The fraction of sp³-hybridized carbons (Fsp3) is 0.0909. The molecule has 3 aromatic rings. The number of halogens is 1. The van der Waals surface area contributed by atoms with Crippen molar-refractivity contribution in [3.8, 4) is 11.5 Å². The monoisotopic (exact) mass is 474 g/mol. The number of rotatable bonds is 8. The zero-order valence-corrected chi connectivity index (χ0v) is 18.4. The van der Waals surface area contributed by atoms with E-state index in [0.717, 1.165) is 6.26 Å². The molecule has 0 unspecified atom stereocenters. The van der Waals surface area contributed by atoms with Crippen LogP contribution in [0.4, 0.5) is 11.4 Å². The zero-order valence-electron chi connectivity index (χ0n) is 16.8. The minimum Gasteiger partial charge on any atom is -0.481 e. The quantitative estimate of drug-likeness (QED) is 0.445. The normalized spacial score (nSPS) is 10.9. The Kier molecular flexibility index (Phi) is 7.01. The summed E-state index contributed by atoms with van der Waals surface area (Å²) in [6.07, 6.45) is 0.891.